The Balaban J connectivity index is 2.34. The fraction of sp³-hybridized carbons (Fsp3) is 0.273. The average Bonchev–Trinajstić information content (AvgIpc) is 2.68. The number of nitrogens with zero attached hydrogens (tertiary/aromatic N) is 2. The van der Waals surface area contributed by atoms with E-state index in [0.29, 0.717) is 5.92 Å². The lowest BCUT2D eigenvalue weighted by atomic mass is 10.2. The zero-order valence-corrected chi connectivity index (χ0v) is 8.36. The summed E-state index contributed by atoms with van der Waals surface area (Å²) < 4.78 is 0. The molecule has 3 heteroatoms. The van der Waals surface area contributed by atoms with Crippen LogP contribution in [0.1, 0.15) is 25.5 Å². The highest BCUT2D eigenvalue weighted by Crippen LogP contribution is 2.17. The number of nitrogens with one attached hydrogen (secondary N) is 1. The van der Waals surface area contributed by atoms with Crippen LogP contribution in [-0.4, -0.2) is 15.0 Å². The first-order chi connectivity index (χ1) is 6.77. The van der Waals surface area contributed by atoms with Crippen LogP contribution >= 0.6 is 0 Å². The van der Waals surface area contributed by atoms with Gasteiger partial charge in [-0.15, -0.1) is 0 Å². The van der Waals surface area contributed by atoms with E-state index in [9.17, 15) is 0 Å². The molecule has 0 radical (unpaired) electrons. The van der Waals surface area contributed by atoms with E-state index < -0.39 is 0 Å². The Hall–Kier alpha value is -1.64. The predicted octanol–water partition coefficient (Wildman–Crippen LogP) is 2.60. The van der Waals surface area contributed by atoms with Crippen LogP contribution in [0.25, 0.3) is 11.4 Å². The zero-order chi connectivity index (χ0) is 9.97. The average molecular weight is 187 g/mol. The third kappa shape index (κ3) is 1.66. The Kier molecular flexibility index (Phi) is 2.31. The van der Waals surface area contributed by atoms with Gasteiger partial charge in [0.15, 0.2) is 0 Å². The molecule has 72 valence electrons. The maximum atomic E-state index is 4.31. The third-order valence-corrected chi connectivity index (χ3v) is 2.15. The zero-order valence-electron chi connectivity index (χ0n) is 8.36. The van der Waals surface area contributed by atoms with Crippen molar-refractivity contribution < 1.29 is 0 Å². The lowest BCUT2D eigenvalue weighted by molar-refractivity contribution is 0.833. The lowest BCUT2D eigenvalue weighted by Crippen LogP contribution is -1.86. The van der Waals surface area contributed by atoms with Crippen molar-refractivity contribution in [3.05, 3.63) is 36.4 Å². The molecule has 0 saturated carbocycles. The van der Waals surface area contributed by atoms with Crippen molar-refractivity contribution in [2.24, 2.45) is 0 Å². The summed E-state index contributed by atoms with van der Waals surface area (Å²) in [6.07, 6.45) is 5.45. The van der Waals surface area contributed by atoms with Gasteiger partial charge in [-0.1, -0.05) is 13.8 Å². The molecule has 0 aliphatic rings. The monoisotopic (exact) mass is 187 g/mol. The molecule has 0 saturated heterocycles. The van der Waals surface area contributed by atoms with E-state index in [4.69, 9.17) is 0 Å². The van der Waals surface area contributed by atoms with E-state index in [0.717, 1.165) is 17.1 Å². The van der Waals surface area contributed by atoms with E-state index in [1.165, 1.54) is 0 Å². The topological polar surface area (TPSA) is 41.6 Å². The van der Waals surface area contributed by atoms with Crippen LogP contribution < -0.4 is 0 Å². The van der Waals surface area contributed by atoms with Crippen LogP contribution in [0.5, 0.6) is 0 Å². The van der Waals surface area contributed by atoms with Gasteiger partial charge in [-0.05, 0) is 18.1 Å². The van der Waals surface area contributed by atoms with Gasteiger partial charge in [-0.2, -0.15) is 0 Å². The van der Waals surface area contributed by atoms with Crippen LogP contribution in [-0.2, 0) is 0 Å². The maximum Gasteiger partial charge on any atom is 0.139 e. The molecule has 2 aromatic heterocycles. The molecule has 0 fully saturated rings. The SMILES string of the molecule is CC(C)c1cnc(-c2cccnc2)[nH]1. The number of pyridine rings is 1. The quantitative estimate of drug-likeness (QED) is 0.785. The molecule has 0 bridgehead atoms. The highest BCUT2D eigenvalue weighted by Gasteiger charge is 2.05. The van der Waals surface area contributed by atoms with Crippen LogP contribution in [0.2, 0.25) is 0 Å². The van der Waals surface area contributed by atoms with Crippen molar-refractivity contribution in [2.45, 2.75) is 19.8 Å². The van der Waals surface area contributed by atoms with Crippen LogP contribution in [0.15, 0.2) is 30.7 Å². The molecular formula is C11H13N3. The minimum absolute atomic E-state index is 0.480. The first kappa shape index (κ1) is 8.94. The largest absolute Gasteiger partial charge is 0.342 e. The first-order valence-electron chi connectivity index (χ1n) is 4.72. The van der Waals surface area contributed by atoms with Gasteiger partial charge in [0.1, 0.15) is 5.82 Å². The molecule has 14 heavy (non-hydrogen) atoms. The fourth-order valence-corrected chi connectivity index (χ4v) is 1.28. The standard InChI is InChI=1S/C11H13N3/c1-8(2)10-7-13-11(14-10)9-4-3-5-12-6-9/h3-8H,1-2H3,(H,13,14). The first-order valence-corrected chi connectivity index (χ1v) is 4.72. The van der Waals surface area contributed by atoms with Crippen molar-refractivity contribution >= 4 is 0 Å². The van der Waals surface area contributed by atoms with Gasteiger partial charge in [0, 0.05) is 29.8 Å². The minimum atomic E-state index is 0.480. The summed E-state index contributed by atoms with van der Waals surface area (Å²) in [7, 11) is 0. The van der Waals surface area contributed by atoms with Gasteiger partial charge in [0.05, 0.1) is 0 Å². The van der Waals surface area contributed by atoms with Crippen molar-refractivity contribution in [2.75, 3.05) is 0 Å². The number of imidazole rings is 1. The van der Waals surface area contributed by atoms with Crippen molar-refractivity contribution in [3.8, 4) is 11.4 Å². The lowest BCUT2D eigenvalue weighted by Gasteiger charge is -1.98. The number of hydrogen-bond acceptors (Lipinski definition) is 2. The molecule has 0 unspecified atom stereocenters. The molecule has 3 nitrogen and oxygen atoms in total. The molecule has 0 amide bonds. The van der Waals surface area contributed by atoms with E-state index >= 15 is 0 Å². The number of hydrogen-bond donors (Lipinski definition) is 1. The second-order valence-electron chi connectivity index (χ2n) is 3.58. The fourth-order valence-electron chi connectivity index (χ4n) is 1.28. The number of rotatable bonds is 2. The Labute approximate surface area is 83.2 Å². The van der Waals surface area contributed by atoms with Crippen molar-refractivity contribution in [3.63, 3.8) is 0 Å². The molecule has 2 heterocycles. The Bertz CT molecular complexity index is 403. The maximum absolute atomic E-state index is 4.31. The molecular weight excluding hydrogens is 174 g/mol. The molecule has 0 aliphatic heterocycles. The van der Waals surface area contributed by atoms with Crippen molar-refractivity contribution in [1.29, 1.82) is 0 Å². The van der Waals surface area contributed by atoms with Crippen LogP contribution in [0, 0.1) is 0 Å². The van der Waals surface area contributed by atoms with Gasteiger partial charge in [-0.3, -0.25) is 4.98 Å². The van der Waals surface area contributed by atoms with Crippen LogP contribution in [0.3, 0.4) is 0 Å². The summed E-state index contributed by atoms with van der Waals surface area (Å²) in [4.78, 5) is 11.6. The van der Waals surface area contributed by atoms with Gasteiger partial charge in [-0.25, -0.2) is 4.98 Å². The van der Waals surface area contributed by atoms with Gasteiger partial charge < -0.3 is 4.98 Å². The smallest absolute Gasteiger partial charge is 0.139 e. The van der Waals surface area contributed by atoms with E-state index in [2.05, 4.69) is 28.8 Å². The summed E-state index contributed by atoms with van der Waals surface area (Å²) in [6, 6.07) is 3.91. The molecule has 0 aliphatic carbocycles. The molecule has 2 aromatic rings. The van der Waals surface area contributed by atoms with Crippen LogP contribution in [0.4, 0.5) is 0 Å². The van der Waals surface area contributed by atoms with Gasteiger partial charge in [0.25, 0.3) is 0 Å². The molecule has 2 rings (SSSR count). The highest BCUT2D eigenvalue weighted by molar-refractivity contribution is 5.53. The molecule has 1 N–H and O–H groups in total. The second-order valence-corrected chi connectivity index (χ2v) is 3.58. The molecule has 0 spiro atoms. The predicted molar refractivity (Wildman–Crippen MR) is 55.9 cm³/mol. The van der Waals surface area contributed by atoms with Gasteiger partial charge >= 0.3 is 0 Å². The second kappa shape index (κ2) is 3.62. The Morgan fingerprint density at radius 3 is 2.71 bits per heavy atom. The third-order valence-electron chi connectivity index (χ3n) is 2.15. The Morgan fingerprint density at radius 2 is 2.14 bits per heavy atom. The van der Waals surface area contributed by atoms with E-state index in [1.807, 2.05) is 24.5 Å². The summed E-state index contributed by atoms with van der Waals surface area (Å²) in [6.45, 7) is 4.28. The van der Waals surface area contributed by atoms with Gasteiger partial charge in [0.2, 0.25) is 0 Å². The normalized spacial score (nSPS) is 10.8. The van der Waals surface area contributed by atoms with E-state index in [1.54, 1.807) is 6.20 Å². The summed E-state index contributed by atoms with van der Waals surface area (Å²) in [5.41, 5.74) is 2.18. The summed E-state index contributed by atoms with van der Waals surface area (Å²) in [5, 5.41) is 0. The Morgan fingerprint density at radius 1 is 1.29 bits per heavy atom. The minimum Gasteiger partial charge on any atom is -0.342 e. The number of H-pyrrole nitrogens is 1. The van der Waals surface area contributed by atoms with Crippen molar-refractivity contribution in [1.82, 2.24) is 15.0 Å². The number of aromatic amines is 1. The number of aromatic nitrogens is 3. The molecule has 0 atom stereocenters. The summed E-state index contributed by atoms with van der Waals surface area (Å²) >= 11 is 0. The molecule has 0 aromatic carbocycles. The summed E-state index contributed by atoms with van der Waals surface area (Å²) in [5.74, 6) is 1.37. The van der Waals surface area contributed by atoms with E-state index in [-0.39, 0.29) is 0 Å². The highest BCUT2D eigenvalue weighted by atomic mass is 14.9.